The molecule has 9 heteroatoms. The van der Waals surface area contributed by atoms with Crippen LogP contribution in [0.1, 0.15) is 25.3 Å². The molecule has 3 aromatic rings. The van der Waals surface area contributed by atoms with Gasteiger partial charge in [-0.3, -0.25) is 23.5 Å². The molecule has 0 saturated heterocycles. The van der Waals surface area contributed by atoms with Crippen LogP contribution >= 0.6 is 0 Å². The van der Waals surface area contributed by atoms with Crippen molar-refractivity contribution in [2.75, 3.05) is 6.61 Å². The van der Waals surface area contributed by atoms with E-state index >= 15 is 0 Å². The van der Waals surface area contributed by atoms with Gasteiger partial charge in [0.25, 0.3) is 5.56 Å². The maximum absolute atomic E-state index is 13.0. The number of aryl methyl sites for hydroxylation is 3. The number of aliphatic hydroxyl groups is 1. The Balaban J connectivity index is 2.22. The number of hydrogen-bond donors (Lipinski definition) is 1. The Hall–Kier alpha value is -2.94. The predicted molar refractivity (Wildman–Crippen MR) is 100 cm³/mol. The van der Waals surface area contributed by atoms with Gasteiger partial charge in [0.05, 0.1) is 6.20 Å². The fourth-order valence-corrected chi connectivity index (χ4v) is 2.98. The molecule has 0 aliphatic carbocycles. The smallest absolute Gasteiger partial charge is 0.332 e. The summed E-state index contributed by atoms with van der Waals surface area (Å²) in [6.45, 7) is 4.44. The maximum Gasteiger partial charge on any atom is 0.332 e. The van der Waals surface area contributed by atoms with E-state index in [1.165, 1.54) is 4.57 Å². The summed E-state index contributed by atoms with van der Waals surface area (Å²) in [6, 6.07) is 2.06. The van der Waals surface area contributed by atoms with E-state index in [9.17, 15) is 9.59 Å². The summed E-state index contributed by atoms with van der Waals surface area (Å²) in [7, 11) is 1.57. The average Bonchev–Trinajstić information content (AvgIpc) is 2.99. The first kappa shape index (κ1) is 18.8. The number of aliphatic hydroxyl groups excluding tert-OH is 1. The highest BCUT2D eigenvalue weighted by Crippen LogP contribution is 2.24. The fraction of sp³-hybridized carbons (Fsp3) is 0.444. The SMILES string of the molecule is CCCn1c(Oc2cncc(C)c2)nc2c1c(=O)n(CCCO)c(=O)n2C. The molecule has 0 bridgehead atoms. The molecule has 0 atom stereocenters. The zero-order valence-corrected chi connectivity index (χ0v) is 15.7. The summed E-state index contributed by atoms with van der Waals surface area (Å²) >= 11 is 0. The van der Waals surface area contributed by atoms with Crippen molar-refractivity contribution >= 4 is 11.2 Å². The number of fused-ring (bicyclic) bond motifs is 1. The van der Waals surface area contributed by atoms with Crippen molar-refractivity contribution in [2.24, 2.45) is 7.05 Å². The highest BCUT2D eigenvalue weighted by molar-refractivity contribution is 5.72. The molecule has 144 valence electrons. The summed E-state index contributed by atoms with van der Waals surface area (Å²) in [6.07, 6.45) is 4.36. The summed E-state index contributed by atoms with van der Waals surface area (Å²) in [4.78, 5) is 34.0. The highest BCUT2D eigenvalue weighted by Gasteiger charge is 2.21. The summed E-state index contributed by atoms with van der Waals surface area (Å²) in [5.74, 6) is 0.508. The third kappa shape index (κ3) is 3.50. The number of hydrogen-bond acceptors (Lipinski definition) is 6. The number of rotatable bonds is 7. The largest absolute Gasteiger partial charge is 0.424 e. The Morgan fingerprint density at radius 2 is 1.96 bits per heavy atom. The molecule has 9 nitrogen and oxygen atoms in total. The van der Waals surface area contributed by atoms with Gasteiger partial charge in [0.2, 0.25) is 0 Å². The minimum absolute atomic E-state index is 0.101. The molecule has 0 spiro atoms. The van der Waals surface area contributed by atoms with Gasteiger partial charge in [0, 0.05) is 32.9 Å². The van der Waals surface area contributed by atoms with Crippen molar-refractivity contribution in [3.05, 3.63) is 44.9 Å². The zero-order chi connectivity index (χ0) is 19.6. The molecule has 0 aliphatic heterocycles. The van der Waals surface area contributed by atoms with E-state index in [2.05, 4.69) is 9.97 Å². The van der Waals surface area contributed by atoms with E-state index in [1.807, 2.05) is 19.9 Å². The quantitative estimate of drug-likeness (QED) is 0.667. The van der Waals surface area contributed by atoms with E-state index in [0.717, 1.165) is 16.6 Å². The van der Waals surface area contributed by atoms with Gasteiger partial charge in [-0.15, -0.1) is 0 Å². The van der Waals surface area contributed by atoms with Crippen LogP contribution in [0, 0.1) is 6.92 Å². The lowest BCUT2D eigenvalue weighted by Gasteiger charge is -2.10. The van der Waals surface area contributed by atoms with Crippen molar-refractivity contribution in [2.45, 2.75) is 39.8 Å². The van der Waals surface area contributed by atoms with Crippen molar-refractivity contribution in [3.63, 3.8) is 0 Å². The second kappa shape index (κ2) is 7.75. The average molecular weight is 373 g/mol. The van der Waals surface area contributed by atoms with Gasteiger partial charge < -0.3 is 9.84 Å². The number of aromatic nitrogens is 5. The minimum Gasteiger partial charge on any atom is -0.424 e. The molecule has 0 aromatic carbocycles. The van der Waals surface area contributed by atoms with Crippen LogP contribution in [0.4, 0.5) is 0 Å². The molecule has 0 saturated carbocycles. The van der Waals surface area contributed by atoms with Gasteiger partial charge in [-0.05, 0) is 31.4 Å². The van der Waals surface area contributed by atoms with Crippen LogP contribution in [-0.2, 0) is 20.1 Å². The van der Waals surface area contributed by atoms with E-state index in [1.54, 1.807) is 24.0 Å². The van der Waals surface area contributed by atoms with Gasteiger partial charge >= 0.3 is 11.7 Å². The number of imidazole rings is 1. The van der Waals surface area contributed by atoms with Crippen molar-refractivity contribution in [1.29, 1.82) is 0 Å². The monoisotopic (exact) mass is 373 g/mol. The predicted octanol–water partition coefficient (Wildman–Crippen LogP) is 1.18. The van der Waals surface area contributed by atoms with E-state index in [0.29, 0.717) is 24.2 Å². The first-order valence-electron chi connectivity index (χ1n) is 8.88. The Morgan fingerprint density at radius 1 is 1.19 bits per heavy atom. The van der Waals surface area contributed by atoms with Crippen LogP contribution in [0.2, 0.25) is 0 Å². The number of nitrogens with zero attached hydrogens (tertiary/aromatic N) is 5. The molecule has 3 rings (SSSR count). The van der Waals surface area contributed by atoms with Gasteiger partial charge in [-0.2, -0.15) is 4.98 Å². The van der Waals surface area contributed by atoms with E-state index < -0.39 is 11.2 Å². The Labute approximate surface area is 155 Å². The second-order valence-electron chi connectivity index (χ2n) is 6.39. The van der Waals surface area contributed by atoms with Crippen LogP contribution in [-0.4, -0.2) is 35.4 Å². The number of pyridine rings is 1. The molecule has 0 fully saturated rings. The summed E-state index contributed by atoms with van der Waals surface area (Å²) in [5, 5.41) is 9.05. The topological polar surface area (TPSA) is 104 Å². The minimum atomic E-state index is -0.467. The van der Waals surface area contributed by atoms with Crippen LogP contribution in [0.3, 0.4) is 0 Å². The Morgan fingerprint density at radius 3 is 2.63 bits per heavy atom. The lowest BCUT2D eigenvalue weighted by molar-refractivity contribution is 0.277. The lowest BCUT2D eigenvalue weighted by atomic mass is 10.3. The summed E-state index contributed by atoms with van der Waals surface area (Å²) < 4.78 is 10.0. The molecule has 1 N–H and O–H groups in total. The first-order valence-corrected chi connectivity index (χ1v) is 8.88. The van der Waals surface area contributed by atoms with Crippen LogP contribution < -0.4 is 16.0 Å². The molecular weight excluding hydrogens is 350 g/mol. The highest BCUT2D eigenvalue weighted by atomic mass is 16.5. The van der Waals surface area contributed by atoms with Crippen molar-refractivity contribution in [3.8, 4) is 11.8 Å². The summed E-state index contributed by atoms with van der Waals surface area (Å²) in [5.41, 5.74) is 0.622. The van der Waals surface area contributed by atoms with Crippen LogP contribution in [0.25, 0.3) is 11.2 Å². The normalized spacial score (nSPS) is 11.3. The molecule has 3 heterocycles. The first-order chi connectivity index (χ1) is 13.0. The number of ether oxygens (including phenoxy) is 1. The Kier molecular flexibility index (Phi) is 5.41. The molecule has 0 amide bonds. The van der Waals surface area contributed by atoms with E-state index in [4.69, 9.17) is 9.84 Å². The second-order valence-corrected chi connectivity index (χ2v) is 6.39. The van der Waals surface area contributed by atoms with Gasteiger partial charge in [0.1, 0.15) is 5.75 Å². The Bertz CT molecular complexity index is 1080. The van der Waals surface area contributed by atoms with Gasteiger partial charge in [-0.25, -0.2) is 4.79 Å². The molecule has 0 aliphatic rings. The van der Waals surface area contributed by atoms with Gasteiger partial charge in [-0.1, -0.05) is 6.92 Å². The lowest BCUT2D eigenvalue weighted by Crippen LogP contribution is -2.39. The molecule has 0 unspecified atom stereocenters. The third-order valence-electron chi connectivity index (χ3n) is 4.24. The molecular formula is C18H23N5O4. The van der Waals surface area contributed by atoms with Crippen LogP contribution in [0.5, 0.6) is 11.8 Å². The van der Waals surface area contributed by atoms with E-state index in [-0.39, 0.29) is 24.8 Å². The molecule has 3 aromatic heterocycles. The molecule has 0 radical (unpaired) electrons. The third-order valence-corrected chi connectivity index (χ3v) is 4.24. The van der Waals surface area contributed by atoms with Gasteiger partial charge in [0.15, 0.2) is 11.2 Å². The zero-order valence-electron chi connectivity index (χ0n) is 15.7. The van der Waals surface area contributed by atoms with Crippen LogP contribution in [0.15, 0.2) is 28.0 Å². The fourth-order valence-electron chi connectivity index (χ4n) is 2.98. The van der Waals surface area contributed by atoms with Crippen molar-refractivity contribution in [1.82, 2.24) is 23.7 Å². The molecule has 27 heavy (non-hydrogen) atoms. The van der Waals surface area contributed by atoms with Crippen molar-refractivity contribution < 1.29 is 9.84 Å². The maximum atomic E-state index is 13.0. The standard InChI is InChI=1S/C18H23N5O4/c1-4-6-22-14-15(20-17(22)27-13-9-12(2)10-19-11-13)21(3)18(26)23(16(14)25)7-5-8-24/h9-11,24H,4-8H2,1-3H3.